The minimum absolute atomic E-state index is 0.167. The number of nitrogens with one attached hydrogen (secondary N) is 1. The SMILES string of the molecule is CCc1[nH]c(C(=O)OCC(=O)N2CCC(C)Sc3ccccc32)c(C)c1C(=O)OC. The van der Waals surface area contributed by atoms with Crippen molar-refractivity contribution < 1.29 is 23.9 Å². The third-order valence-electron chi connectivity index (χ3n) is 5.15. The standard InChI is InChI=1S/C22H26N2O5S/c1-5-15-19(21(26)28-4)14(3)20(23-15)22(27)29-12-18(25)24-11-10-13(2)30-17-9-7-6-8-16(17)24/h6-9,13,23H,5,10-12H2,1-4H3. The fourth-order valence-corrected chi connectivity index (χ4v) is 4.64. The Labute approximate surface area is 180 Å². The fourth-order valence-electron chi connectivity index (χ4n) is 3.53. The zero-order valence-corrected chi connectivity index (χ0v) is 18.4. The normalized spacial score (nSPS) is 15.9. The number of hydrogen-bond acceptors (Lipinski definition) is 6. The van der Waals surface area contributed by atoms with Gasteiger partial charge in [-0.1, -0.05) is 26.0 Å². The first-order valence-corrected chi connectivity index (χ1v) is 10.8. The van der Waals surface area contributed by atoms with Crippen molar-refractivity contribution in [3.05, 3.63) is 46.8 Å². The van der Waals surface area contributed by atoms with Crippen molar-refractivity contribution in [2.24, 2.45) is 0 Å². The number of nitrogens with zero attached hydrogens (tertiary/aromatic N) is 1. The third kappa shape index (κ3) is 4.38. The molecule has 8 heteroatoms. The maximum absolute atomic E-state index is 12.9. The zero-order valence-electron chi connectivity index (χ0n) is 17.6. The Bertz CT molecular complexity index is 968. The maximum atomic E-state index is 12.9. The van der Waals surface area contributed by atoms with E-state index in [2.05, 4.69) is 11.9 Å². The molecule has 1 N–H and O–H groups in total. The number of aromatic nitrogens is 1. The lowest BCUT2D eigenvalue weighted by Crippen LogP contribution is -2.35. The van der Waals surface area contributed by atoms with E-state index < -0.39 is 11.9 Å². The number of para-hydroxylation sites is 1. The van der Waals surface area contributed by atoms with Crippen LogP contribution in [0.4, 0.5) is 5.69 Å². The van der Waals surface area contributed by atoms with Gasteiger partial charge in [-0.3, -0.25) is 4.79 Å². The number of ether oxygens (including phenoxy) is 2. The number of anilines is 1. The highest BCUT2D eigenvalue weighted by Gasteiger charge is 2.27. The van der Waals surface area contributed by atoms with Gasteiger partial charge in [0.1, 0.15) is 5.69 Å². The summed E-state index contributed by atoms with van der Waals surface area (Å²) in [5.74, 6) is -1.46. The van der Waals surface area contributed by atoms with Gasteiger partial charge >= 0.3 is 11.9 Å². The average Bonchev–Trinajstić information content (AvgIpc) is 2.98. The fraction of sp³-hybridized carbons (Fsp3) is 0.409. The third-order valence-corrected chi connectivity index (χ3v) is 6.38. The van der Waals surface area contributed by atoms with Gasteiger partial charge in [-0.15, -0.1) is 11.8 Å². The number of aromatic amines is 1. The molecule has 1 aromatic heterocycles. The minimum atomic E-state index is -0.670. The van der Waals surface area contributed by atoms with Crippen molar-refractivity contribution in [1.82, 2.24) is 4.98 Å². The van der Waals surface area contributed by atoms with Crippen molar-refractivity contribution in [3.63, 3.8) is 0 Å². The number of thioether (sulfide) groups is 1. The van der Waals surface area contributed by atoms with Gasteiger partial charge in [-0.2, -0.15) is 0 Å². The molecular formula is C22H26N2O5S. The second kappa shape index (κ2) is 9.38. The minimum Gasteiger partial charge on any atom is -0.465 e. The lowest BCUT2D eigenvalue weighted by Gasteiger charge is -2.22. The molecule has 160 valence electrons. The average molecular weight is 431 g/mol. The van der Waals surface area contributed by atoms with Crippen molar-refractivity contribution in [1.29, 1.82) is 0 Å². The number of hydrogen-bond donors (Lipinski definition) is 1. The van der Waals surface area contributed by atoms with E-state index in [1.54, 1.807) is 23.6 Å². The predicted molar refractivity (Wildman–Crippen MR) is 115 cm³/mol. The molecule has 0 fully saturated rings. The molecule has 0 aliphatic carbocycles. The molecule has 0 saturated carbocycles. The summed E-state index contributed by atoms with van der Waals surface area (Å²) in [6, 6.07) is 7.75. The molecule has 0 spiro atoms. The van der Waals surface area contributed by atoms with Gasteiger partial charge in [-0.05, 0) is 37.5 Å². The van der Waals surface area contributed by atoms with Gasteiger partial charge < -0.3 is 19.4 Å². The second-order valence-electron chi connectivity index (χ2n) is 7.13. The molecule has 2 aromatic rings. The monoisotopic (exact) mass is 430 g/mol. The molecule has 0 bridgehead atoms. The first-order chi connectivity index (χ1) is 14.4. The Hall–Kier alpha value is -2.74. The summed E-state index contributed by atoms with van der Waals surface area (Å²) in [5, 5.41) is 0.386. The second-order valence-corrected chi connectivity index (χ2v) is 8.61. The van der Waals surface area contributed by atoms with Crippen LogP contribution in [0.2, 0.25) is 0 Å². The summed E-state index contributed by atoms with van der Waals surface area (Å²) >= 11 is 1.74. The maximum Gasteiger partial charge on any atom is 0.355 e. The highest BCUT2D eigenvalue weighted by atomic mass is 32.2. The van der Waals surface area contributed by atoms with E-state index in [0.29, 0.717) is 35.0 Å². The number of amides is 1. The lowest BCUT2D eigenvalue weighted by atomic mass is 10.1. The molecule has 7 nitrogen and oxygen atoms in total. The summed E-state index contributed by atoms with van der Waals surface area (Å²) in [7, 11) is 1.29. The van der Waals surface area contributed by atoms with Crippen LogP contribution < -0.4 is 4.90 Å². The highest BCUT2D eigenvalue weighted by molar-refractivity contribution is 8.00. The zero-order chi connectivity index (χ0) is 21.8. The molecule has 2 heterocycles. The Balaban J connectivity index is 1.75. The van der Waals surface area contributed by atoms with Crippen LogP contribution in [0.5, 0.6) is 0 Å². The molecule has 0 saturated heterocycles. The molecule has 1 aliphatic rings. The van der Waals surface area contributed by atoms with Gasteiger partial charge in [-0.25, -0.2) is 9.59 Å². The van der Waals surface area contributed by atoms with Gasteiger partial charge in [0.05, 0.1) is 18.4 Å². The van der Waals surface area contributed by atoms with Crippen molar-refractivity contribution in [2.45, 2.75) is 43.8 Å². The van der Waals surface area contributed by atoms with Crippen molar-refractivity contribution >= 4 is 35.3 Å². The molecule has 1 aliphatic heterocycles. The smallest absolute Gasteiger partial charge is 0.355 e. The number of carbonyl (C=O) groups is 3. The van der Waals surface area contributed by atoms with Crippen LogP contribution in [-0.4, -0.2) is 48.3 Å². The van der Waals surface area contributed by atoms with Crippen LogP contribution >= 0.6 is 11.8 Å². The van der Waals surface area contributed by atoms with Crippen LogP contribution in [-0.2, 0) is 20.7 Å². The van der Waals surface area contributed by atoms with E-state index in [4.69, 9.17) is 9.47 Å². The quantitative estimate of drug-likeness (QED) is 0.727. The summed E-state index contributed by atoms with van der Waals surface area (Å²) in [6.07, 6.45) is 1.37. The number of esters is 2. The van der Waals surface area contributed by atoms with E-state index in [9.17, 15) is 14.4 Å². The number of H-pyrrole nitrogens is 1. The van der Waals surface area contributed by atoms with E-state index in [-0.39, 0.29) is 18.2 Å². The molecule has 0 radical (unpaired) electrons. The number of aryl methyl sites for hydroxylation is 1. The molecule has 30 heavy (non-hydrogen) atoms. The highest BCUT2D eigenvalue weighted by Crippen LogP contribution is 2.37. The molecule has 1 amide bonds. The number of benzene rings is 1. The summed E-state index contributed by atoms with van der Waals surface area (Å²) in [6.45, 7) is 5.85. The van der Waals surface area contributed by atoms with Crippen LogP contribution in [0.1, 0.15) is 52.4 Å². The lowest BCUT2D eigenvalue weighted by molar-refractivity contribution is -0.121. The molecular weight excluding hydrogens is 404 g/mol. The number of fused-ring (bicyclic) bond motifs is 1. The largest absolute Gasteiger partial charge is 0.465 e. The van der Waals surface area contributed by atoms with Crippen LogP contribution in [0, 0.1) is 6.92 Å². The van der Waals surface area contributed by atoms with Crippen molar-refractivity contribution in [3.8, 4) is 0 Å². The van der Waals surface area contributed by atoms with Gasteiger partial charge in [0.2, 0.25) is 0 Å². The summed E-state index contributed by atoms with van der Waals surface area (Å²) < 4.78 is 10.1. The Morgan fingerprint density at radius 1 is 1.23 bits per heavy atom. The van der Waals surface area contributed by atoms with Gasteiger partial charge in [0.25, 0.3) is 5.91 Å². The van der Waals surface area contributed by atoms with E-state index >= 15 is 0 Å². The van der Waals surface area contributed by atoms with Crippen LogP contribution in [0.25, 0.3) is 0 Å². The first-order valence-electron chi connectivity index (χ1n) is 9.90. The van der Waals surface area contributed by atoms with E-state index in [1.807, 2.05) is 31.2 Å². The molecule has 1 unspecified atom stereocenters. The summed E-state index contributed by atoms with van der Waals surface area (Å²) in [4.78, 5) is 43.2. The Morgan fingerprint density at radius 3 is 2.67 bits per heavy atom. The van der Waals surface area contributed by atoms with Gasteiger partial charge in [0.15, 0.2) is 6.61 Å². The molecule has 1 aromatic carbocycles. The predicted octanol–water partition coefficient (Wildman–Crippen LogP) is 3.75. The van der Waals surface area contributed by atoms with E-state index in [0.717, 1.165) is 17.0 Å². The Morgan fingerprint density at radius 2 is 1.97 bits per heavy atom. The molecule has 1 atom stereocenters. The number of carbonyl (C=O) groups excluding carboxylic acids is 3. The van der Waals surface area contributed by atoms with Crippen LogP contribution in [0.15, 0.2) is 29.2 Å². The topological polar surface area (TPSA) is 88.7 Å². The summed E-state index contributed by atoms with van der Waals surface area (Å²) in [5.41, 5.74) is 2.41. The first kappa shape index (κ1) is 22.0. The van der Waals surface area contributed by atoms with E-state index in [1.165, 1.54) is 7.11 Å². The van der Waals surface area contributed by atoms with Gasteiger partial charge in [0, 0.05) is 22.4 Å². The molecule has 3 rings (SSSR count). The van der Waals surface area contributed by atoms with Crippen LogP contribution in [0.3, 0.4) is 0 Å². The number of methoxy groups -OCH3 is 1. The van der Waals surface area contributed by atoms with Crippen molar-refractivity contribution in [2.75, 3.05) is 25.2 Å². The Kier molecular flexibility index (Phi) is 6.87. The number of rotatable bonds is 5.